The third kappa shape index (κ3) is 4.02. The summed E-state index contributed by atoms with van der Waals surface area (Å²) in [5, 5.41) is 14.3. The number of nitrogens with zero attached hydrogens (tertiary/aromatic N) is 1. The number of allylic oxidation sites excluding steroid dienone is 5. The number of nitrogens with two attached hydrogens (primary N) is 1. The van der Waals surface area contributed by atoms with E-state index in [-0.39, 0.29) is 0 Å². The Morgan fingerprint density at radius 1 is 1.42 bits per heavy atom. The van der Waals surface area contributed by atoms with Crippen LogP contribution in [0.15, 0.2) is 49.2 Å². The highest BCUT2D eigenvalue weighted by Gasteiger charge is 1.98. The van der Waals surface area contributed by atoms with Gasteiger partial charge in [0.25, 0.3) is 0 Å². The van der Waals surface area contributed by atoms with Gasteiger partial charge in [0.15, 0.2) is 0 Å². The molecule has 3 nitrogen and oxygen atoms in total. The van der Waals surface area contributed by atoms with E-state index in [1.165, 1.54) is 0 Å². The zero-order valence-electron chi connectivity index (χ0n) is 6.68. The van der Waals surface area contributed by atoms with Gasteiger partial charge in [-0.05, 0) is 12.2 Å². The molecule has 4 heteroatoms. The summed E-state index contributed by atoms with van der Waals surface area (Å²) >= 11 is 0.711. The van der Waals surface area contributed by atoms with Crippen molar-refractivity contribution in [3.05, 3.63) is 49.2 Å². The lowest BCUT2D eigenvalue weighted by Gasteiger charge is -2.11. The van der Waals surface area contributed by atoms with Gasteiger partial charge in [0, 0.05) is 0 Å². The van der Waals surface area contributed by atoms with Crippen LogP contribution in [0, 0.1) is 0 Å². The molecule has 12 heavy (non-hydrogen) atoms. The molecular weight excluding hydrogens is 172 g/mol. The zero-order chi connectivity index (χ0) is 9.40. The number of hydroxylamine groups is 1. The molecule has 0 heterocycles. The first-order valence-corrected chi connectivity index (χ1v) is 4.07. The molecular formula is C8H12N2OS. The summed E-state index contributed by atoms with van der Waals surface area (Å²) in [6, 6.07) is 0. The molecule has 0 aliphatic heterocycles. The Morgan fingerprint density at radius 2 is 2.08 bits per heavy atom. The van der Waals surface area contributed by atoms with Gasteiger partial charge in [-0.2, -0.15) is 4.47 Å². The Morgan fingerprint density at radius 3 is 2.50 bits per heavy atom. The summed E-state index contributed by atoms with van der Waals surface area (Å²) in [5.41, 5.74) is 0.539. The van der Waals surface area contributed by atoms with E-state index in [2.05, 4.69) is 13.2 Å². The molecule has 0 unspecified atom stereocenters. The SMILES string of the molecule is C=C/C=C\C(=C/C=C)N(O)SN. The van der Waals surface area contributed by atoms with Crippen LogP contribution in [0.5, 0.6) is 0 Å². The van der Waals surface area contributed by atoms with Gasteiger partial charge in [-0.1, -0.05) is 31.4 Å². The molecule has 0 atom stereocenters. The first kappa shape index (κ1) is 11.0. The summed E-state index contributed by atoms with van der Waals surface area (Å²) in [4.78, 5) is 0. The van der Waals surface area contributed by atoms with Crippen LogP contribution in [-0.4, -0.2) is 9.68 Å². The standard InChI is InChI=1S/C8H12N2OS/c1-3-5-7-8(6-4-2)10(11)12-9/h3-7,11H,1-2,9H2/b7-5-,8-6+. The molecule has 0 radical (unpaired) electrons. The minimum Gasteiger partial charge on any atom is -0.276 e. The Balaban J connectivity index is 4.42. The van der Waals surface area contributed by atoms with Crippen molar-refractivity contribution in [2.24, 2.45) is 5.14 Å². The third-order valence-electron chi connectivity index (χ3n) is 1.01. The van der Waals surface area contributed by atoms with Gasteiger partial charge in [-0.25, -0.2) is 0 Å². The van der Waals surface area contributed by atoms with Crippen molar-refractivity contribution in [1.29, 1.82) is 0 Å². The molecule has 0 bridgehead atoms. The van der Waals surface area contributed by atoms with Crippen LogP contribution < -0.4 is 5.14 Å². The van der Waals surface area contributed by atoms with Crippen molar-refractivity contribution in [2.75, 3.05) is 0 Å². The predicted molar refractivity (Wildman–Crippen MR) is 53.0 cm³/mol. The molecule has 0 spiro atoms. The van der Waals surface area contributed by atoms with E-state index in [0.717, 1.165) is 4.47 Å². The molecule has 0 aliphatic rings. The van der Waals surface area contributed by atoms with E-state index < -0.39 is 0 Å². The van der Waals surface area contributed by atoms with Gasteiger partial charge in [0.2, 0.25) is 0 Å². The van der Waals surface area contributed by atoms with E-state index in [4.69, 9.17) is 10.3 Å². The van der Waals surface area contributed by atoms with Gasteiger partial charge >= 0.3 is 0 Å². The number of rotatable bonds is 5. The molecule has 66 valence electrons. The number of hydrogen-bond donors (Lipinski definition) is 2. The lowest BCUT2D eigenvalue weighted by molar-refractivity contribution is 0.0583. The highest BCUT2D eigenvalue weighted by Crippen LogP contribution is 2.09. The quantitative estimate of drug-likeness (QED) is 0.390. The van der Waals surface area contributed by atoms with Crippen molar-refractivity contribution in [3.63, 3.8) is 0 Å². The molecule has 0 aromatic heterocycles. The van der Waals surface area contributed by atoms with E-state index in [0.29, 0.717) is 17.8 Å². The molecule has 0 saturated carbocycles. The van der Waals surface area contributed by atoms with Crippen LogP contribution in [0.25, 0.3) is 0 Å². The van der Waals surface area contributed by atoms with E-state index in [1.807, 2.05) is 0 Å². The first-order chi connectivity index (χ1) is 5.76. The molecule has 0 amide bonds. The lowest BCUT2D eigenvalue weighted by atomic mass is 10.3. The highest BCUT2D eigenvalue weighted by molar-refractivity contribution is 7.94. The fourth-order valence-corrected chi connectivity index (χ4v) is 0.775. The van der Waals surface area contributed by atoms with Gasteiger partial charge < -0.3 is 0 Å². The summed E-state index contributed by atoms with van der Waals surface area (Å²) in [5.74, 6) is 0. The first-order valence-electron chi connectivity index (χ1n) is 3.24. The van der Waals surface area contributed by atoms with Crippen molar-refractivity contribution in [3.8, 4) is 0 Å². The van der Waals surface area contributed by atoms with Crippen molar-refractivity contribution >= 4 is 12.1 Å². The zero-order valence-corrected chi connectivity index (χ0v) is 7.50. The molecule has 3 N–H and O–H groups in total. The number of hydrogen-bond acceptors (Lipinski definition) is 4. The Bertz CT molecular complexity index is 211. The second kappa shape index (κ2) is 6.72. The van der Waals surface area contributed by atoms with E-state index in [9.17, 15) is 0 Å². The van der Waals surface area contributed by atoms with Crippen LogP contribution in [0.4, 0.5) is 0 Å². The third-order valence-corrected chi connectivity index (χ3v) is 1.42. The maximum Gasteiger partial charge on any atom is 0.0778 e. The van der Waals surface area contributed by atoms with Gasteiger partial charge in [-0.15, -0.1) is 0 Å². The van der Waals surface area contributed by atoms with E-state index in [1.54, 1.807) is 30.4 Å². The lowest BCUT2D eigenvalue weighted by Crippen LogP contribution is -2.10. The van der Waals surface area contributed by atoms with Crippen LogP contribution in [0.2, 0.25) is 0 Å². The van der Waals surface area contributed by atoms with Gasteiger partial charge in [0.1, 0.15) is 0 Å². The summed E-state index contributed by atoms with van der Waals surface area (Å²) < 4.78 is 0.835. The van der Waals surface area contributed by atoms with Crippen LogP contribution in [-0.2, 0) is 0 Å². The summed E-state index contributed by atoms with van der Waals surface area (Å²) in [6.45, 7) is 7.00. The van der Waals surface area contributed by atoms with Crippen LogP contribution in [0.1, 0.15) is 0 Å². The Kier molecular flexibility index (Phi) is 6.18. The van der Waals surface area contributed by atoms with Crippen molar-refractivity contribution in [1.82, 2.24) is 4.47 Å². The molecule has 0 aromatic rings. The van der Waals surface area contributed by atoms with Crippen molar-refractivity contribution in [2.45, 2.75) is 0 Å². The minimum atomic E-state index is 0.539. The average Bonchev–Trinajstić information content (AvgIpc) is 2.11. The fourth-order valence-electron chi connectivity index (χ4n) is 0.531. The average molecular weight is 184 g/mol. The highest BCUT2D eigenvalue weighted by atomic mass is 32.2. The largest absolute Gasteiger partial charge is 0.276 e. The normalized spacial score (nSPS) is 11.7. The van der Waals surface area contributed by atoms with Crippen molar-refractivity contribution < 1.29 is 5.21 Å². The maximum absolute atomic E-state index is 9.15. The minimum absolute atomic E-state index is 0.539. The summed E-state index contributed by atoms with van der Waals surface area (Å²) in [6.07, 6.45) is 8.14. The van der Waals surface area contributed by atoms with Crippen LogP contribution >= 0.6 is 12.1 Å². The second-order valence-corrected chi connectivity index (χ2v) is 2.36. The van der Waals surface area contributed by atoms with E-state index >= 15 is 0 Å². The Labute approximate surface area is 76.8 Å². The molecule has 0 saturated heterocycles. The molecule has 0 aliphatic carbocycles. The summed E-state index contributed by atoms with van der Waals surface area (Å²) in [7, 11) is 0. The molecule has 0 aromatic carbocycles. The topological polar surface area (TPSA) is 49.5 Å². The smallest absolute Gasteiger partial charge is 0.0778 e. The van der Waals surface area contributed by atoms with Crippen LogP contribution in [0.3, 0.4) is 0 Å². The predicted octanol–water partition coefficient (Wildman–Crippen LogP) is 2.01. The molecule has 0 rings (SSSR count). The Hall–Kier alpha value is -0.970. The second-order valence-electron chi connectivity index (χ2n) is 1.80. The molecule has 0 fully saturated rings. The fraction of sp³-hybridized carbons (Fsp3) is 0. The maximum atomic E-state index is 9.15. The monoisotopic (exact) mass is 184 g/mol. The van der Waals surface area contributed by atoms with Gasteiger partial charge in [0.05, 0.1) is 17.8 Å². The van der Waals surface area contributed by atoms with Gasteiger partial charge in [-0.3, -0.25) is 10.3 Å².